The number of benzene rings is 2. The Hall–Kier alpha value is -2.47. The molecule has 0 bridgehead atoms. The van der Waals surface area contributed by atoms with Crippen LogP contribution in [0.2, 0.25) is 0 Å². The summed E-state index contributed by atoms with van der Waals surface area (Å²) in [5, 5.41) is 9.03. The van der Waals surface area contributed by atoms with Crippen LogP contribution >= 0.6 is 0 Å². The van der Waals surface area contributed by atoms with Gasteiger partial charge in [0.25, 0.3) is 0 Å². The highest BCUT2D eigenvalue weighted by atomic mass is 16.5. The molecule has 0 atom stereocenters. The first kappa shape index (κ1) is 13.0. The van der Waals surface area contributed by atoms with Crippen LogP contribution in [0.5, 0.6) is 5.75 Å². The number of nitrogens with zero attached hydrogens (tertiary/aromatic N) is 1. The third-order valence-electron chi connectivity index (χ3n) is 3.08. The third-order valence-corrected chi connectivity index (χ3v) is 3.08. The Morgan fingerprint density at radius 3 is 2.63 bits per heavy atom. The van der Waals surface area contributed by atoms with Crippen molar-refractivity contribution >= 4 is 5.69 Å². The second-order valence-electron chi connectivity index (χ2n) is 4.53. The summed E-state index contributed by atoms with van der Waals surface area (Å²) in [5.41, 5.74) is 10.1. The Labute approximate surface area is 113 Å². The van der Waals surface area contributed by atoms with Crippen molar-refractivity contribution in [1.29, 1.82) is 5.26 Å². The van der Waals surface area contributed by atoms with Gasteiger partial charge in [0.2, 0.25) is 0 Å². The molecule has 0 heterocycles. The first-order chi connectivity index (χ1) is 9.11. The number of nitrogens with two attached hydrogens (primary N) is 1. The molecule has 2 aromatic rings. The average Bonchev–Trinajstić information content (AvgIpc) is 2.41. The minimum atomic E-state index is 0.383. The second-order valence-corrected chi connectivity index (χ2v) is 4.53. The molecule has 0 amide bonds. The molecule has 2 rings (SSSR count). The third kappa shape index (κ3) is 2.86. The highest BCUT2D eigenvalue weighted by Crippen LogP contribution is 2.25. The number of nitriles is 1. The lowest BCUT2D eigenvalue weighted by Gasteiger charge is -2.12. The SMILES string of the molecule is Cc1cc(OCc2ccccc2C#N)c(C)cc1N. The van der Waals surface area contributed by atoms with Gasteiger partial charge in [-0.2, -0.15) is 5.26 Å². The molecule has 0 spiro atoms. The van der Waals surface area contributed by atoms with Crippen molar-refractivity contribution in [3.8, 4) is 11.8 Å². The molecule has 0 aliphatic heterocycles. The smallest absolute Gasteiger partial charge is 0.123 e. The highest BCUT2D eigenvalue weighted by molar-refractivity contribution is 5.53. The average molecular weight is 252 g/mol. The molecule has 0 fully saturated rings. The van der Waals surface area contributed by atoms with E-state index in [-0.39, 0.29) is 0 Å². The molecule has 0 saturated heterocycles. The summed E-state index contributed by atoms with van der Waals surface area (Å²) < 4.78 is 5.79. The quantitative estimate of drug-likeness (QED) is 0.852. The van der Waals surface area contributed by atoms with Crippen LogP contribution in [0.15, 0.2) is 36.4 Å². The van der Waals surface area contributed by atoms with Crippen molar-refractivity contribution in [2.24, 2.45) is 0 Å². The molecule has 19 heavy (non-hydrogen) atoms. The lowest BCUT2D eigenvalue weighted by atomic mass is 10.1. The number of hydrogen-bond donors (Lipinski definition) is 1. The first-order valence-electron chi connectivity index (χ1n) is 6.09. The molecule has 3 heteroatoms. The number of nitrogen functional groups attached to an aromatic ring is 1. The summed E-state index contributed by atoms with van der Waals surface area (Å²) in [6.07, 6.45) is 0. The van der Waals surface area contributed by atoms with Gasteiger partial charge in [-0.3, -0.25) is 0 Å². The Kier molecular flexibility index (Phi) is 3.72. The van der Waals surface area contributed by atoms with Crippen LogP contribution in [-0.4, -0.2) is 0 Å². The Morgan fingerprint density at radius 2 is 1.89 bits per heavy atom. The van der Waals surface area contributed by atoms with E-state index >= 15 is 0 Å². The summed E-state index contributed by atoms with van der Waals surface area (Å²) in [6, 6.07) is 13.4. The van der Waals surface area contributed by atoms with Crippen LogP contribution in [0.3, 0.4) is 0 Å². The number of hydrogen-bond acceptors (Lipinski definition) is 3. The largest absolute Gasteiger partial charge is 0.489 e. The summed E-state index contributed by atoms with van der Waals surface area (Å²) in [7, 11) is 0. The maximum Gasteiger partial charge on any atom is 0.123 e. The summed E-state index contributed by atoms with van der Waals surface area (Å²) in [6.45, 7) is 4.29. The molecular weight excluding hydrogens is 236 g/mol. The van der Waals surface area contributed by atoms with Gasteiger partial charge in [0.1, 0.15) is 12.4 Å². The van der Waals surface area contributed by atoms with Gasteiger partial charge in [-0.1, -0.05) is 18.2 Å². The number of rotatable bonds is 3. The van der Waals surface area contributed by atoms with Gasteiger partial charge in [-0.05, 0) is 43.2 Å². The maximum atomic E-state index is 9.03. The van der Waals surface area contributed by atoms with Gasteiger partial charge < -0.3 is 10.5 Å². The van der Waals surface area contributed by atoms with Gasteiger partial charge in [0, 0.05) is 11.3 Å². The monoisotopic (exact) mass is 252 g/mol. The van der Waals surface area contributed by atoms with E-state index in [1.54, 1.807) is 6.07 Å². The number of aryl methyl sites for hydroxylation is 2. The molecule has 0 saturated carbocycles. The lowest BCUT2D eigenvalue weighted by Crippen LogP contribution is -2.01. The van der Waals surface area contributed by atoms with Crippen molar-refractivity contribution in [2.45, 2.75) is 20.5 Å². The van der Waals surface area contributed by atoms with E-state index in [4.69, 9.17) is 15.7 Å². The molecule has 0 aromatic heterocycles. The number of ether oxygens (including phenoxy) is 1. The van der Waals surface area contributed by atoms with E-state index < -0.39 is 0 Å². The molecule has 0 radical (unpaired) electrons. The zero-order chi connectivity index (χ0) is 13.8. The summed E-state index contributed by atoms with van der Waals surface area (Å²) >= 11 is 0. The predicted molar refractivity (Wildman–Crippen MR) is 75.8 cm³/mol. The predicted octanol–water partition coefficient (Wildman–Crippen LogP) is 3.34. The van der Waals surface area contributed by atoms with Gasteiger partial charge >= 0.3 is 0 Å². The fourth-order valence-electron chi connectivity index (χ4n) is 1.88. The van der Waals surface area contributed by atoms with Gasteiger partial charge in [0.05, 0.1) is 11.6 Å². The van der Waals surface area contributed by atoms with Crippen LogP contribution < -0.4 is 10.5 Å². The standard InChI is InChI=1S/C16H16N2O/c1-11-8-16(12(2)7-15(11)18)19-10-14-6-4-3-5-13(14)9-17/h3-8H,10,18H2,1-2H3. The highest BCUT2D eigenvalue weighted by Gasteiger charge is 2.06. The molecule has 2 aromatic carbocycles. The van der Waals surface area contributed by atoms with Crippen molar-refractivity contribution in [3.05, 3.63) is 58.7 Å². The van der Waals surface area contributed by atoms with Crippen LogP contribution in [0.4, 0.5) is 5.69 Å². The minimum absolute atomic E-state index is 0.383. The van der Waals surface area contributed by atoms with Crippen molar-refractivity contribution < 1.29 is 4.74 Å². The zero-order valence-electron chi connectivity index (χ0n) is 11.1. The Balaban J connectivity index is 2.20. The molecule has 0 aliphatic rings. The van der Waals surface area contributed by atoms with Crippen molar-refractivity contribution in [3.63, 3.8) is 0 Å². The van der Waals surface area contributed by atoms with Gasteiger partial charge in [-0.25, -0.2) is 0 Å². The molecule has 2 N–H and O–H groups in total. The van der Waals surface area contributed by atoms with Crippen molar-refractivity contribution in [2.75, 3.05) is 5.73 Å². The van der Waals surface area contributed by atoms with Crippen LogP contribution in [0.1, 0.15) is 22.3 Å². The Bertz CT molecular complexity index is 642. The summed E-state index contributed by atoms with van der Waals surface area (Å²) in [4.78, 5) is 0. The minimum Gasteiger partial charge on any atom is -0.489 e. The van der Waals surface area contributed by atoms with E-state index in [0.29, 0.717) is 12.2 Å². The molecule has 0 unspecified atom stereocenters. The second kappa shape index (κ2) is 5.45. The van der Waals surface area contributed by atoms with Crippen LogP contribution in [-0.2, 0) is 6.61 Å². The van der Waals surface area contributed by atoms with Crippen LogP contribution in [0, 0.1) is 25.2 Å². The normalized spacial score (nSPS) is 9.95. The topological polar surface area (TPSA) is 59.0 Å². The first-order valence-corrected chi connectivity index (χ1v) is 6.09. The van der Waals surface area contributed by atoms with E-state index in [0.717, 1.165) is 28.1 Å². The number of anilines is 1. The molecule has 3 nitrogen and oxygen atoms in total. The maximum absolute atomic E-state index is 9.03. The van der Waals surface area contributed by atoms with E-state index in [1.807, 2.05) is 44.2 Å². The fraction of sp³-hybridized carbons (Fsp3) is 0.188. The van der Waals surface area contributed by atoms with E-state index in [2.05, 4.69) is 6.07 Å². The van der Waals surface area contributed by atoms with E-state index in [1.165, 1.54) is 0 Å². The van der Waals surface area contributed by atoms with Crippen molar-refractivity contribution in [1.82, 2.24) is 0 Å². The molecular formula is C16H16N2O. The zero-order valence-corrected chi connectivity index (χ0v) is 11.1. The van der Waals surface area contributed by atoms with Crippen LogP contribution in [0.25, 0.3) is 0 Å². The fourth-order valence-corrected chi connectivity index (χ4v) is 1.88. The molecule has 0 aliphatic carbocycles. The molecule has 96 valence electrons. The lowest BCUT2D eigenvalue weighted by molar-refractivity contribution is 0.303. The van der Waals surface area contributed by atoms with E-state index in [9.17, 15) is 0 Å². The van der Waals surface area contributed by atoms with Gasteiger partial charge in [0.15, 0.2) is 0 Å². The van der Waals surface area contributed by atoms with Gasteiger partial charge in [-0.15, -0.1) is 0 Å². The Morgan fingerprint density at radius 1 is 1.16 bits per heavy atom. The summed E-state index contributed by atoms with van der Waals surface area (Å²) in [5.74, 6) is 0.805.